The molecule has 8 N–H and O–H groups in total. The highest BCUT2D eigenvalue weighted by atomic mass is 32.1. The molecule has 0 spiro atoms. The predicted molar refractivity (Wildman–Crippen MR) is 110 cm³/mol. The van der Waals surface area contributed by atoms with Crippen LogP contribution in [0.1, 0.15) is 12.0 Å². The fourth-order valence-electron chi connectivity index (χ4n) is 2.44. The molecule has 3 atom stereocenters. The molecule has 31 heavy (non-hydrogen) atoms. The van der Waals surface area contributed by atoms with Crippen LogP contribution in [0.3, 0.4) is 0 Å². The average Bonchev–Trinajstić information content (AvgIpc) is 2.71. The number of phenolic OH excluding ortho intramolecular Hbond substituents is 1. The standard InChI is InChI=1S/C18H24N4O8S/c19-7-14(24)20-11(5-9-1-3-10(23)4-2-9)16(27)22-13(8-31)17(28)21-12(18(29)30)6-15(25)26/h1-4,11-13,23,31H,5-8,19H2,(H,20,24)(H,21,28)(H,22,27)(H,25,26)(H,29,30). The second kappa shape index (κ2) is 12.4. The molecule has 1 aromatic carbocycles. The Morgan fingerprint density at radius 3 is 1.94 bits per heavy atom. The number of carboxylic acid groups (broad SMARTS) is 2. The summed E-state index contributed by atoms with van der Waals surface area (Å²) in [6, 6.07) is 1.73. The van der Waals surface area contributed by atoms with E-state index in [1.807, 2.05) is 5.32 Å². The van der Waals surface area contributed by atoms with E-state index >= 15 is 0 Å². The first-order valence-electron chi connectivity index (χ1n) is 9.00. The summed E-state index contributed by atoms with van der Waals surface area (Å²) in [7, 11) is 0. The maximum absolute atomic E-state index is 12.7. The topological polar surface area (TPSA) is 208 Å². The smallest absolute Gasteiger partial charge is 0.326 e. The molecule has 0 saturated carbocycles. The molecule has 170 valence electrons. The van der Waals surface area contributed by atoms with Crippen LogP contribution in [0.5, 0.6) is 5.75 Å². The van der Waals surface area contributed by atoms with E-state index in [4.69, 9.17) is 15.9 Å². The third kappa shape index (κ3) is 8.92. The normalized spacial score (nSPS) is 13.4. The van der Waals surface area contributed by atoms with Gasteiger partial charge in [0.25, 0.3) is 0 Å². The van der Waals surface area contributed by atoms with Gasteiger partial charge in [-0.25, -0.2) is 4.79 Å². The van der Waals surface area contributed by atoms with Crippen molar-refractivity contribution in [2.24, 2.45) is 5.73 Å². The molecule has 0 fully saturated rings. The molecule has 0 bridgehead atoms. The van der Waals surface area contributed by atoms with Crippen LogP contribution in [0.2, 0.25) is 0 Å². The Kier molecular flexibility index (Phi) is 10.3. The minimum Gasteiger partial charge on any atom is -0.508 e. The van der Waals surface area contributed by atoms with Gasteiger partial charge in [-0.05, 0) is 17.7 Å². The van der Waals surface area contributed by atoms with Crippen LogP contribution in [0.15, 0.2) is 24.3 Å². The highest BCUT2D eigenvalue weighted by Gasteiger charge is 2.29. The molecule has 0 aliphatic carbocycles. The number of carbonyl (C=O) groups excluding carboxylic acids is 3. The van der Waals surface area contributed by atoms with Gasteiger partial charge in [0.2, 0.25) is 17.7 Å². The molecule has 0 aliphatic rings. The van der Waals surface area contributed by atoms with Crippen molar-refractivity contribution in [2.45, 2.75) is 31.0 Å². The number of benzene rings is 1. The first kappa shape index (κ1) is 25.7. The number of aliphatic carboxylic acids is 2. The number of amides is 3. The summed E-state index contributed by atoms with van der Waals surface area (Å²) in [4.78, 5) is 58.6. The van der Waals surface area contributed by atoms with Crippen molar-refractivity contribution in [1.29, 1.82) is 0 Å². The number of phenols is 1. The fraction of sp³-hybridized carbons (Fsp3) is 0.389. The lowest BCUT2D eigenvalue weighted by atomic mass is 10.0. The molecule has 3 amide bonds. The number of aromatic hydroxyl groups is 1. The molecular weight excluding hydrogens is 432 g/mol. The Labute approximate surface area is 182 Å². The molecule has 1 rings (SSSR count). The number of carboxylic acids is 2. The number of thiol groups is 1. The van der Waals surface area contributed by atoms with Crippen LogP contribution in [-0.4, -0.2) is 75.4 Å². The Morgan fingerprint density at radius 2 is 1.45 bits per heavy atom. The summed E-state index contributed by atoms with van der Waals surface area (Å²) >= 11 is 3.97. The van der Waals surface area contributed by atoms with E-state index in [0.29, 0.717) is 5.56 Å². The van der Waals surface area contributed by atoms with Gasteiger partial charge in [-0.2, -0.15) is 12.6 Å². The molecule has 0 saturated heterocycles. The van der Waals surface area contributed by atoms with Gasteiger partial charge in [-0.3, -0.25) is 19.2 Å². The second-order valence-electron chi connectivity index (χ2n) is 6.44. The number of hydrogen-bond acceptors (Lipinski definition) is 8. The molecule has 0 radical (unpaired) electrons. The molecule has 12 nitrogen and oxygen atoms in total. The molecule has 3 unspecified atom stereocenters. The van der Waals surface area contributed by atoms with Gasteiger partial charge in [-0.15, -0.1) is 0 Å². The van der Waals surface area contributed by atoms with Crippen molar-refractivity contribution >= 4 is 42.3 Å². The number of nitrogens with one attached hydrogen (secondary N) is 3. The first-order valence-corrected chi connectivity index (χ1v) is 9.64. The van der Waals surface area contributed by atoms with Crippen molar-refractivity contribution in [3.63, 3.8) is 0 Å². The van der Waals surface area contributed by atoms with Crippen LogP contribution in [0.25, 0.3) is 0 Å². The van der Waals surface area contributed by atoms with E-state index in [2.05, 4.69) is 23.3 Å². The molecule has 1 aromatic rings. The van der Waals surface area contributed by atoms with Gasteiger partial charge < -0.3 is 37.0 Å². The summed E-state index contributed by atoms with van der Waals surface area (Å²) in [5, 5.41) is 34.0. The average molecular weight is 456 g/mol. The largest absolute Gasteiger partial charge is 0.508 e. The van der Waals surface area contributed by atoms with E-state index in [-0.39, 0.29) is 24.5 Å². The Hall–Kier alpha value is -3.32. The Bertz CT molecular complexity index is 817. The van der Waals surface area contributed by atoms with Crippen molar-refractivity contribution in [3.8, 4) is 5.75 Å². The lowest BCUT2D eigenvalue weighted by molar-refractivity contribution is -0.147. The lowest BCUT2D eigenvalue weighted by Gasteiger charge is -2.23. The number of carbonyl (C=O) groups is 5. The van der Waals surface area contributed by atoms with Crippen molar-refractivity contribution in [2.75, 3.05) is 12.3 Å². The molecule has 0 aromatic heterocycles. The van der Waals surface area contributed by atoms with Gasteiger partial charge in [-0.1, -0.05) is 12.1 Å². The number of rotatable bonds is 12. The van der Waals surface area contributed by atoms with Crippen LogP contribution in [-0.2, 0) is 30.4 Å². The highest BCUT2D eigenvalue weighted by Crippen LogP contribution is 2.11. The zero-order valence-electron chi connectivity index (χ0n) is 16.3. The van der Waals surface area contributed by atoms with Gasteiger partial charge in [0.05, 0.1) is 13.0 Å². The second-order valence-corrected chi connectivity index (χ2v) is 6.80. The summed E-state index contributed by atoms with van der Waals surface area (Å²) < 4.78 is 0. The van der Waals surface area contributed by atoms with E-state index in [1.54, 1.807) is 0 Å². The first-order chi connectivity index (χ1) is 14.6. The van der Waals surface area contributed by atoms with E-state index in [0.717, 1.165) is 0 Å². The Morgan fingerprint density at radius 1 is 0.903 bits per heavy atom. The quantitative estimate of drug-likeness (QED) is 0.161. The van der Waals surface area contributed by atoms with E-state index in [9.17, 15) is 29.1 Å². The van der Waals surface area contributed by atoms with Gasteiger partial charge in [0.15, 0.2) is 0 Å². The minimum atomic E-state index is -1.70. The molecule has 0 aliphatic heterocycles. The maximum Gasteiger partial charge on any atom is 0.326 e. The number of hydrogen-bond donors (Lipinski definition) is 8. The van der Waals surface area contributed by atoms with Gasteiger partial charge >= 0.3 is 11.9 Å². The number of nitrogens with two attached hydrogens (primary N) is 1. The van der Waals surface area contributed by atoms with Crippen molar-refractivity contribution in [3.05, 3.63) is 29.8 Å². The summed E-state index contributed by atoms with van der Waals surface area (Å²) in [6.07, 6.45) is -0.847. The zero-order valence-corrected chi connectivity index (χ0v) is 17.2. The summed E-state index contributed by atoms with van der Waals surface area (Å²) in [5.41, 5.74) is 5.87. The minimum absolute atomic E-state index is 0.00945. The summed E-state index contributed by atoms with van der Waals surface area (Å²) in [6.45, 7) is -0.384. The van der Waals surface area contributed by atoms with E-state index in [1.165, 1.54) is 24.3 Å². The van der Waals surface area contributed by atoms with Crippen LogP contribution in [0.4, 0.5) is 0 Å². The van der Waals surface area contributed by atoms with Crippen LogP contribution >= 0.6 is 12.6 Å². The molecule has 13 heteroatoms. The third-order valence-corrected chi connectivity index (χ3v) is 4.39. The van der Waals surface area contributed by atoms with Gasteiger partial charge in [0.1, 0.15) is 23.9 Å². The monoisotopic (exact) mass is 456 g/mol. The predicted octanol–water partition coefficient (Wildman–Crippen LogP) is -2.16. The SMILES string of the molecule is NCC(=O)NC(Cc1ccc(O)cc1)C(=O)NC(CS)C(=O)NC(CC(=O)O)C(=O)O. The zero-order chi connectivity index (χ0) is 23.6. The maximum atomic E-state index is 12.7. The van der Waals surface area contributed by atoms with Crippen LogP contribution in [0, 0.1) is 0 Å². The lowest BCUT2D eigenvalue weighted by Crippen LogP contribution is -2.57. The van der Waals surface area contributed by atoms with Gasteiger partial charge in [0, 0.05) is 12.2 Å². The highest BCUT2D eigenvalue weighted by molar-refractivity contribution is 7.80. The van der Waals surface area contributed by atoms with Crippen molar-refractivity contribution in [1.82, 2.24) is 16.0 Å². The van der Waals surface area contributed by atoms with Crippen molar-refractivity contribution < 1.29 is 39.3 Å². The third-order valence-electron chi connectivity index (χ3n) is 4.02. The summed E-state index contributed by atoms with van der Waals surface area (Å²) in [5.74, 6) is -5.55. The Balaban J connectivity index is 2.92. The van der Waals surface area contributed by atoms with E-state index < -0.39 is 54.2 Å². The molecular formula is C18H24N4O8S. The fourth-order valence-corrected chi connectivity index (χ4v) is 2.70. The van der Waals surface area contributed by atoms with Crippen LogP contribution < -0.4 is 21.7 Å². The molecule has 0 heterocycles.